The van der Waals surface area contributed by atoms with Crippen LogP contribution in [0.15, 0.2) is 10.5 Å². The molecule has 0 aromatic carbocycles. The van der Waals surface area contributed by atoms with Gasteiger partial charge in [0.05, 0.1) is 5.56 Å². The number of hydrogen-bond donors (Lipinski definition) is 2. The number of nitrogens with one attached hydrogen (secondary N) is 1. The number of hydrazine groups is 1. The molecule has 0 atom stereocenters. The summed E-state index contributed by atoms with van der Waals surface area (Å²) in [5.74, 6) is 5.83. The molecule has 3 N–H and O–H groups in total. The number of furan rings is 1. The van der Waals surface area contributed by atoms with Crippen LogP contribution in [0.4, 0.5) is 0 Å². The monoisotopic (exact) mass is 242 g/mol. The van der Waals surface area contributed by atoms with Crippen LogP contribution in [0.3, 0.4) is 0 Å². The summed E-state index contributed by atoms with van der Waals surface area (Å²) in [4.78, 5) is 11.3. The quantitative estimate of drug-likeness (QED) is 0.319. The molecule has 0 saturated heterocycles. The summed E-state index contributed by atoms with van der Waals surface area (Å²) < 4.78 is 15.6. The van der Waals surface area contributed by atoms with Crippen LogP contribution in [0.5, 0.6) is 0 Å². The molecule has 0 bridgehead atoms. The number of rotatable bonds is 7. The van der Waals surface area contributed by atoms with Gasteiger partial charge in [0.1, 0.15) is 18.1 Å². The van der Waals surface area contributed by atoms with E-state index in [9.17, 15) is 4.79 Å². The highest BCUT2D eigenvalue weighted by molar-refractivity contribution is 5.94. The number of aryl methyl sites for hydroxylation is 1. The molecule has 0 spiro atoms. The molecule has 0 aliphatic carbocycles. The van der Waals surface area contributed by atoms with E-state index in [1.54, 1.807) is 20.1 Å². The summed E-state index contributed by atoms with van der Waals surface area (Å²) in [7, 11) is 1.65. The fraction of sp³-hybridized carbons (Fsp3) is 0.545. The number of ether oxygens (including phenoxy) is 2. The SMILES string of the molecule is COCCCOCc1cc(C(=O)NN)c(C)o1. The van der Waals surface area contributed by atoms with Gasteiger partial charge in [0, 0.05) is 20.3 Å². The first kappa shape index (κ1) is 13.7. The number of nitrogen functional groups attached to an aromatic ring is 1. The maximum atomic E-state index is 11.3. The Kier molecular flexibility index (Phi) is 5.68. The molecule has 0 saturated carbocycles. The van der Waals surface area contributed by atoms with Gasteiger partial charge >= 0.3 is 0 Å². The standard InChI is InChI=1S/C11H18N2O4/c1-8-10(11(14)13-12)6-9(17-8)7-16-5-3-4-15-2/h6H,3-5,7,12H2,1-2H3,(H,13,14). The van der Waals surface area contributed by atoms with Gasteiger partial charge in [-0.05, 0) is 19.4 Å². The lowest BCUT2D eigenvalue weighted by Crippen LogP contribution is -2.30. The maximum Gasteiger partial charge on any atom is 0.268 e. The predicted molar refractivity (Wildman–Crippen MR) is 61.2 cm³/mol. The van der Waals surface area contributed by atoms with Gasteiger partial charge in [0.25, 0.3) is 5.91 Å². The number of methoxy groups -OCH3 is 1. The van der Waals surface area contributed by atoms with Crippen LogP contribution in [0.1, 0.15) is 28.3 Å². The van der Waals surface area contributed by atoms with E-state index in [1.807, 2.05) is 0 Å². The third-order valence-corrected chi connectivity index (χ3v) is 2.23. The second kappa shape index (κ2) is 7.05. The van der Waals surface area contributed by atoms with Gasteiger partial charge in [-0.1, -0.05) is 0 Å². The Morgan fingerprint density at radius 2 is 2.29 bits per heavy atom. The molecular formula is C11H18N2O4. The third kappa shape index (κ3) is 4.18. The van der Waals surface area contributed by atoms with Crippen LogP contribution < -0.4 is 11.3 Å². The maximum absolute atomic E-state index is 11.3. The summed E-state index contributed by atoms with van der Waals surface area (Å²) in [5, 5.41) is 0. The summed E-state index contributed by atoms with van der Waals surface area (Å²) in [5.41, 5.74) is 2.50. The fourth-order valence-electron chi connectivity index (χ4n) is 1.40. The first-order valence-corrected chi connectivity index (χ1v) is 5.36. The second-order valence-electron chi connectivity index (χ2n) is 3.55. The van der Waals surface area contributed by atoms with Crippen molar-refractivity contribution in [1.29, 1.82) is 0 Å². The molecule has 0 fully saturated rings. The van der Waals surface area contributed by atoms with Crippen molar-refractivity contribution < 1.29 is 18.7 Å². The normalized spacial score (nSPS) is 10.5. The molecule has 0 radical (unpaired) electrons. The molecule has 17 heavy (non-hydrogen) atoms. The Balaban J connectivity index is 2.42. The van der Waals surface area contributed by atoms with Crippen molar-refractivity contribution in [1.82, 2.24) is 5.43 Å². The van der Waals surface area contributed by atoms with E-state index in [-0.39, 0.29) is 5.91 Å². The molecular weight excluding hydrogens is 224 g/mol. The van der Waals surface area contributed by atoms with Crippen LogP contribution in [-0.4, -0.2) is 26.2 Å². The van der Waals surface area contributed by atoms with E-state index in [4.69, 9.17) is 19.7 Å². The first-order chi connectivity index (χ1) is 8.19. The van der Waals surface area contributed by atoms with Crippen molar-refractivity contribution in [3.63, 3.8) is 0 Å². The molecule has 96 valence electrons. The van der Waals surface area contributed by atoms with Crippen molar-refractivity contribution in [2.24, 2.45) is 5.84 Å². The Morgan fingerprint density at radius 1 is 1.53 bits per heavy atom. The lowest BCUT2D eigenvalue weighted by molar-refractivity contribution is 0.0823. The highest BCUT2D eigenvalue weighted by Gasteiger charge is 2.13. The van der Waals surface area contributed by atoms with Crippen molar-refractivity contribution in [2.75, 3.05) is 20.3 Å². The average Bonchev–Trinajstić information content (AvgIpc) is 2.69. The second-order valence-corrected chi connectivity index (χ2v) is 3.55. The molecule has 1 heterocycles. The highest BCUT2D eigenvalue weighted by Crippen LogP contribution is 2.15. The van der Waals surface area contributed by atoms with Gasteiger partial charge in [-0.2, -0.15) is 0 Å². The minimum Gasteiger partial charge on any atom is -0.463 e. The molecule has 0 aliphatic rings. The summed E-state index contributed by atoms with van der Waals surface area (Å²) in [6.07, 6.45) is 0.826. The highest BCUT2D eigenvalue weighted by atomic mass is 16.5. The number of carbonyl (C=O) groups excluding carboxylic acids is 1. The van der Waals surface area contributed by atoms with Crippen LogP contribution >= 0.6 is 0 Å². The van der Waals surface area contributed by atoms with Crippen LogP contribution in [0.2, 0.25) is 0 Å². The van der Waals surface area contributed by atoms with Crippen molar-refractivity contribution >= 4 is 5.91 Å². The smallest absolute Gasteiger partial charge is 0.268 e. The van der Waals surface area contributed by atoms with Crippen LogP contribution in [-0.2, 0) is 16.1 Å². The topological polar surface area (TPSA) is 86.7 Å². The van der Waals surface area contributed by atoms with Gasteiger partial charge in [-0.3, -0.25) is 10.2 Å². The number of carbonyl (C=O) groups is 1. The molecule has 0 aliphatic heterocycles. The van der Waals surface area contributed by atoms with E-state index >= 15 is 0 Å². The minimum atomic E-state index is -0.364. The Bertz CT molecular complexity index is 362. The molecule has 0 unspecified atom stereocenters. The van der Waals surface area contributed by atoms with E-state index < -0.39 is 0 Å². The minimum absolute atomic E-state index is 0.336. The van der Waals surface area contributed by atoms with Crippen molar-refractivity contribution in [2.45, 2.75) is 20.0 Å². The van der Waals surface area contributed by atoms with Gasteiger partial charge in [0.15, 0.2) is 0 Å². The Labute approximate surface area is 100 Å². The molecule has 1 aromatic rings. The van der Waals surface area contributed by atoms with Crippen LogP contribution in [0.25, 0.3) is 0 Å². The largest absolute Gasteiger partial charge is 0.463 e. The van der Waals surface area contributed by atoms with Crippen molar-refractivity contribution in [3.05, 3.63) is 23.2 Å². The number of hydrogen-bond acceptors (Lipinski definition) is 5. The van der Waals surface area contributed by atoms with Gasteiger partial charge < -0.3 is 13.9 Å². The Hall–Kier alpha value is -1.37. The number of nitrogens with two attached hydrogens (primary N) is 1. The zero-order chi connectivity index (χ0) is 12.7. The van der Waals surface area contributed by atoms with E-state index in [0.717, 1.165) is 6.42 Å². The molecule has 1 aromatic heterocycles. The summed E-state index contributed by atoms with van der Waals surface area (Å²) >= 11 is 0. The molecule has 1 amide bonds. The van der Waals surface area contributed by atoms with Gasteiger partial charge in [-0.15, -0.1) is 0 Å². The van der Waals surface area contributed by atoms with Gasteiger partial charge in [0.2, 0.25) is 0 Å². The van der Waals surface area contributed by atoms with E-state index in [0.29, 0.717) is 36.9 Å². The molecule has 6 heteroatoms. The summed E-state index contributed by atoms with van der Waals surface area (Å²) in [6.45, 7) is 3.30. The average molecular weight is 242 g/mol. The fourth-order valence-corrected chi connectivity index (χ4v) is 1.40. The zero-order valence-electron chi connectivity index (χ0n) is 10.1. The van der Waals surface area contributed by atoms with E-state index in [2.05, 4.69) is 5.43 Å². The first-order valence-electron chi connectivity index (χ1n) is 5.36. The van der Waals surface area contributed by atoms with E-state index in [1.165, 1.54) is 0 Å². The predicted octanol–water partition coefficient (Wildman–Crippen LogP) is 0.745. The third-order valence-electron chi connectivity index (χ3n) is 2.23. The lowest BCUT2D eigenvalue weighted by atomic mass is 10.2. The number of amides is 1. The zero-order valence-corrected chi connectivity index (χ0v) is 10.1. The van der Waals surface area contributed by atoms with Gasteiger partial charge in [-0.25, -0.2) is 5.84 Å². The molecule has 1 rings (SSSR count). The lowest BCUT2D eigenvalue weighted by Gasteiger charge is -2.00. The molecule has 6 nitrogen and oxygen atoms in total. The Morgan fingerprint density at radius 3 is 2.94 bits per heavy atom. The van der Waals surface area contributed by atoms with Crippen LogP contribution in [0, 0.1) is 6.92 Å². The summed E-state index contributed by atoms with van der Waals surface area (Å²) in [6, 6.07) is 1.63. The van der Waals surface area contributed by atoms with Crippen molar-refractivity contribution in [3.8, 4) is 0 Å².